The summed E-state index contributed by atoms with van der Waals surface area (Å²) in [6.07, 6.45) is -0.192. The highest BCUT2D eigenvalue weighted by Gasteiger charge is 2.76. The van der Waals surface area contributed by atoms with E-state index in [1.165, 1.54) is 4.90 Å². The summed E-state index contributed by atoms with van der Waals surface area (Å²) in [6.45, 7) is 2.07. The van der Waals surface area contributed by atoms with E-state index in [1.54, 1.807) is 24.3 Å². The molecule has 10 heteroatoms. The molecule has 3 aliphatic heterocycles. The number of carbonyl (C=O) groups is 3. The van der Waals surface area contributed by atoms with Crippen molar-refractivity contribution in [1.29, 1.82) is 0 Å². The maximum atomic E-state index is 13.9. The zero-order chi connectivity index (χ0) is 28.0. The van der Waals surface area contributed by atoms with E-state index in [1.807, 2.05) is 49.4 Å². The summed E-state index contributed by atoms with van der Waals surface area (Å²) in [5, 5.41) is 17.7. The van der Waals surface area contributed by atoms with Crippen LogP contribution in [-0.2, 0) is 19.1 Å². The molecular formula is C30H30BrN3O6. The molecule has 3 aromatic carbocycles. The van der Waals surface area contributed by atoms with Gasteiger partial charge in [-0.1, -0.05) is 46.3 Å². The number of rotatable bonds is 8. The highest BCUT2D eigenvalue weighted by Crippen LogP contribution is 2.60. The monoisotopic (exact) mass is 607 g/mol. The van der Waals surface area contributed by atoms with Gasteiger partial charge in [0.15, 0.2) is 0 Å². The smallest absolute Gasteiger partial charge is 0.250 e. The summed E-state index contributed by atoms with van der Waals surface area (Å²) in [4.78, 5) is 42.5. The van der Waals surface area contributed by atoms with Gasteiger partial charge in [-0.3, -0.25) is 14.4 Å². The van der Waals surface area contributed by atoms with Crippen molar-refractivity contribution in [3.63, 3.8) is 0 Å². The molecule has 9 nitrogen and oxygen atoms in total. The van der Waals surface area contributed by atoms with Crippen LogP contribution in [0, 0.1) is 11.8 Å². The molecule has 3 aliphatic rings. The Bertz CT molecular complexity index is 1470. The number of aliphatic hydroxyl groups is 1. The van der Waals surface area contributed by atoms with Gasteiger partial charge < -0.3 is 30.1 Å². The quantitative estimate of drug-likeness (QED) is 0.337. The molecular weight excluding hydrogens is 578 g/mol. The highest BCUT2D eigenvalue weighted by molar-refractivity contribution is 9.09. The molecule has 2 bridgehead atoms. The Morgan fingerprint density at radius 3 is 2.48 bits per heavy atom. The van der Waals surface area contributed by atoms with E-state index in [9.17, 15) is 19.5 Å². The minimum absolute atomic E-state index is 0.0406. The van der Waals surface area contributed by atoms with Gasteiger partial charge in [0, 0.05) is 22.7 Å². The van der Waals surface area contributed by atoms with Crippen LogP contribution >= 0.6 is 15.9 Å². The largest absolute Gasteiger partial charge is 0.494 e. The lowest BCUT2D eigenvalue weighted by Crippen LogP contribution is -2.54. The van der Waals surface area contributed by atoms with Gasteiger partial charge in [-0.2, -0.15) is 0 Å². The number of alkyl halides is 1. The lowest BCUT2D eigenvalue weighted by molar-refractivity contribution is -0.140. The van der Waals surface area contributed by atoms with Gasteiger partial charge in [-0.15, -0.1) is 0 Å². The first-order valence-electron chi connectivity index (χ1n) is 13.4. The molecule has 6 rings (SSSR count). The average molecular weight is 608 g/mol. The van der Waals surface area contributed by atoms with Crippen LogP contribution in [0.25, 0.3) is 10.8 Å². The Morgan fingerprint density at radius 2 is 1.75 bits per heavy atom. The number of carbonyl (C=O) groups excluding carboxylic acids is 3. The fraction of sp³-hybridized carbons (Fsp3) is 0.367. The Labute approximate surface area is 239 Å². The third kappa shape index (κ3) is 4.34. The van der Waals surface area contributed by atoms with Gasteiger partial charge in [0.1, 0.15) is 17.4 Å². The molecule has 3 saturated heterocycles. The molecule has 3 unspecified atom stereocenters. The lowest BCUT2D eigenvalue weighted by atomic mass is 9.70. The molecule has 6 atom stereocenters. The number of fused-ring (bicyclic) bond motifs is 2. The molecule has 3 N–H and O–H groups in total. The molecule has 3 amide bonds. The molecule has 0 saturated carbocycles. The van der Waals surface area contributed by atoms with E-state index >= 15 is 0 Å². The number of aliphatic hydroxyl groups excluding tert-OH is 1. The van der Waals surface area contributed by atoms with Gasteiger partial charge in [-0.25, -0.2) is 0 Å². The predicted octanol–water partition coefficient (Wildman–Crippen LogP) is 3.56. The van der Waals surface area contributed by atoms with Crippen molar-refractivity contribution in [3.8, 4) is 5.75 Å². The van der Waals surface area contributed by atoms with E-state index in [-0.39, 0.29) is 29.8 Å². The summed E-state index contributed by atoms with van der Waals surface area (Å²) in [5.74, 6) is -2.09. The third-order valence-corrected chi connectivity index (χ3v) is 8.98. The number of ether oxygens (including phenoxy) is 2. The number of hydrogen-bond donors (Lipinski definition) is 3. The minimum atomic E-state index is -1.20. The third-order valence-electron chi connectivity index (χ3n) is 8.13. The maximum absolute atomic E-state index is 13.9. The van der Waals surface area contributed by atoms with Gasteiger partial charge in [0.05, 0.1) is 31.2 Å². The van der Waals surface area contributed by atoms with Crippen LogP contribution in [0.1, 0.15) is 13.3 Å². The van der Waals surface area contributed by atoms with E-state index in [4.69, 9.17) is 9.47 Å². The fourth-order valence-electron chi connectivity index (χ4n) is 6.58. The standard InChI is InChI=1S/C30H30BrN3O6/c1-2-39-21-11-9-19(10-12-21)32-27(36)23-24-29(38)34(13-14-35)26(30(24)16-22(31)25(23)40-30)28(37)33-20-8-7-17-5-3-4-6-18(17)15-20/h3-12,15,22-26,35H,2,13-14,16H2,1H3,(H,32,36)(H,33,37)/t22?,23-,24-,25-,26?,30?/m0/s1. The van der Waals surface area contributed by atoms with Gasteiger partial charge in [0.2, 0.25) is 17.7 Å². The normalized spacial score (nSPS) is 28.5. The zero-order valence-corrected chi connectivity index (χ0v) is 23.5. The number of likely N-dealkylation sites (tertiary alicyclic amines) is 1. The molecule has 3 fully saturated rings. The Hall–Kier alpha value is -3.47. The Balaban J connectivity index is 1.29. The minimum Gasteiger partial charge on any atom is -0.494 e. The molecule has 0 aromatic heterocycles. The van der Waals surface area contributed by atoms with E-state index in [0.717, 1.165) is 10.8 Å². The molecule has 0 aliphatic carbocycles. The van der Waals surface area contributed by atoms with Crippen molar-refractivity contribution < 1.29 is 29.0 Å². The number of amides is 3. The summed E-state index contributed by atoms with van der Waals surface area (Å²) in [7, 11) is 0. The zero-order valence-electron chi connectivity index (χ0n) is 21.9. The molecule has 3 heterocycles. The van der Waals surface area contributed by atoms with Crippen molar-refractivity contribution in [2.24, 2.45) is 11.8 Å². The van der Waals surface area contributed by atoms with Crippen LogP contribution in [0.15, 0.2) is 66.7 Å². The lowest BCUT2D eigenvalue weighted by Gasteiger charge is -2.34. The molecule has 40 heavy (non-hydrogen) atoms. The SMILES string of the molecule is CCOc1ccc(NC(=O)[C@H]2[C@H]3C(=O)N(CCO)C(C(=O)Nc4ccc5ccccc5c4)C34CC(Br)[C@@H]2O4)cc1. The van der Waals surface area contributed by atoms with Crippen LogP contribution < -0.4 is 15.4 Å². The van der Waals surface area contributed by atoms with E-state index in [2.05, 4.69) is 26.6 Å². The molecule has 1 spiro atoms. The van der Waals surface area contributed by atoms with Crippen LogP contribution in [0.5, 0.6) is 5.75 Å². The number of halogens is 1. The first-order valence-corrected chi connectivity index (χ1v) is 14.3. The number of β-amino-alcohol motifs (C(OH)–C–C–N with tert-alkyl or cyclic N) is 1. The average Bonchev–Trinajstić information content (AvgIpc) is 3.53. The van der Waals surface area contributed by atoms with Crippen LogP contribution in [0.3, 0.4) is 0 Å². The second-order valence-corrected chi connectivity index (χ2v) is 11.6. The first-order chi connectivity index (χ1) is 19.4. The van der Waals surface area contributed by atoms with Crippen molar-refractivity contribution >= 4 is 55.8 Å². The first kappa shape index (κ1) is 26.7. The topological polar surface area (TPSA) is 117 Å². The second-order valence-electron chi connectivity index (χ2n) is 10.4. The number of hydrogen-bond acceptors (Lipinski definition) is 6. The van der Waals surface area contributed by atoms with Gasteiger partial charge in [-0.05, 0) is 60.5 Å². The van der Waals surface area contributed by atoms with Crippen LogP contribution in [0.4, 0.5) is 11.4 Å². The maximum Gasteiger partial charge on any atom is 0.250 e. The number of anilines is 2. The van der Waals surface area contributed by atoms with Crippen LogP contribution in [0.2, 0.25) is 0 Å². The second kappa shape index (κ2) is 10.5. The fourth-order valence-corrected chi connectivity index (χ4v) is 7.53. The van der Waals surface area contributed by atoms with Crippen LogP contribution in [-0.4, -0.2) is 70.1 Å². The number of nitrogens with zero attached hydrogens (tertiary/aromatic N) is 1. The van der Waals surface area contributed by atoms with Gasteiger partial charge >= 0.3 is 0 Å². The summed E-state index contributed by atoms with van der Waals surface area (Å²) < 4.78 is 11.9. The van der Waals surface area contributed by atoms with Crippen molar-refractivity contribution in [2.45, 2.75) is 35.9 Å². The summed E-state index contributed by atoms with van der Waals surface area (Å²) in [6, 6.07) is 19.5. The molecule has 0 radical (unpaired) electrons. The Kier molecular flexibility index (Phi) is 7.02. The number of benzene rings is 3. The van der Waals surface area contributed by atoms with E-state index < -0.39 is 35.5 Å². The molecule has 208 valence electrons. The van der Waals surface area contributed by atoms with E-state index in [0.29, 0.717) is 30.2 Å². The van der Waals surface area contributed by atoms with Crippen molar-refractivity contribution in [3.05, 3.63) is 66.7 Å². The van der Waals surface area contributed by atoms with Crippen molar-refractivity contribution in [1.82, 2.24) is 4.90 Å². The predicted molar refractivity (Wildman–Crippen MR) is 153 cm³/mol. The van der Waals surface area contributed by atoms with Crippen molar-refractivity contribution in [2.75, 3.05) is 30.4 Å². The van der Waals surface area contributed by atoms with Gasteiger partial charge in [0.25, 0.3) is 0 Å². The summed E-state index contributed by atoms with van der Waals surface area (Å²) in [5.41, 5.74) is -0.0420. The Morgan fingerprint density at radius 1 is 1.05 bits per heavy atom. The summed E-state index contributed by atoms with van der Waals surface area (Å²) >= 11 is 3.66. The number of nitrogens with one attached hydrogen (secondary N) is 2. The molecule has 3 aromatic rings. The highest BCUT2D eigenvalue weighted by atomic mass is 79.9.